The first-order chi connectivity index (χ1) is 15.3. The molecule has 1 amide bonds. The van der Waals surface area contributed by atoms with Crippen molar-refractivity contribution in [2.45, 2.75) is 65.4 Å². The van der Waals surface area contributed by atoms with Gasteiger partial charge in [0.2, 0.25) is 5.91 Å². The van der Waals surface area contributed by atoms with Gasteiger partial charge in [0, 0.05) is 44.1 Å². The van der Waals surface area contributed by atoms with Crippen LogP contribution < -0.4 is 4.74 Å². The Labute approximate surface area is 191 Å². The largest absolute Gasteiger partial charge is 0.487 e. The number of rotatable bonds is 4. The Hall–Kier alpha value is -2.58. The normalized spacial score (nSPS) is 21.8. The van der Waals surface area contributed by atoms with E-state index in [0.29, 0.717) is 25.2 Å². The SMILES string of the molecule is CC(=O)N1Cc2cc(O[C@@H]3C[C@H](C)N(C(C)c4cc5nc(C)sc5cc4F)C3)cnc2C1. The second-order valence-electron chi connectivity index (χ2n) is 8.92. The fourth-order valence-corrected chi connectivity index (χ4v) is 5.76. The zero-order chi connectivity index (χ0) is 22.6. The highest BCUT2D eigenvalue weighted by Crippen LogP contribution is 2.35. The summed E-state index contributed by atoms with van der Waals surface area (Å²) in [6.45, 7) is 9.59. The van der Waals surface area contributed by atoms with E-state index in [4.69, 9.17) is 4.74 Å². The highest BCUT2D eigenvalue weighted by atomic mass is 32.1. The topological polar surface area (TPSA) is 58.6 Å². The monoisotopic (exact) mass is 454 g/mol. The van der Waals surface area contributed by atoms with E-state index in [1.165, 1.54) is 11.3 Å². The van der Waals surface area contributed by atoms with Gasteiger partial charge in [0.05, 0.1) is 33.7 Å². The van der Waals surface area contributed by atoms with E-state index in [0.717, 1.165) is 38.7 Å². The third-order valence-corrected chi connectivity index (χ3v) is 7.56. The van der Waals surface area contributed by atoms with Gasteiger partial charge in [-0.15, -0.1) is 11.3 Å². The van der Waals surface area contributed by atoms with E-state index in [-0.39, 0.29) is 29.9 Å². The first-order valence-corrected chi connectivity index (χ1v) is 11.8. The summed E-state index contributed by atoms with van der Waals surface area (Å²) in [5.74, 6) is 0.604. The number of aryl methyl sites for hydroxylation is 1. The second-order valence-corrected chi connectivity index (χ2v) is 10.2. The summed E-state index contributed by atoms with van der Waals surface area (Å²) in [6, 6.07) is 5.69. The van der Waals surface area contributed by atoms with Crippen molar-refractivity contribution in [1.29, 1.82) is 0 Å². The minimum atomic E-state index is -0.178. The molecule has 2 aliphatic heterocycles. The fourth-order valence-electron chi connectivity index (χ4n) is 4.93. The number of hydrogen-bond acceptors (Lipinski definition) is 6. The van der Waals surface area contributed by atoms with Crippen molar-refractivity contribution in [2.75, 3.05) is 6.54 Å². The summed E-state index contributed by atoms with van der Waals surface area (Å²) in [4.78, 5) is 24.8. The number of aromatic nitrogens is 2. The van der Waals surface area contributed by atoms with Crippen LogP contribution in [0.4, 0.5) is 4.39 Å². The van der Waals surface area contributed by atoms with Crippen LogP contribution in [0.15, 0.2) is 24.4 Å². The van der Waals surface area contributed by atoms with Crippen LogP contribution >= 0.6 is 11.3 Å². The molecular weight excluding hydrogens is 427 g/mol. The Kier molecular flexibility index (Phi) is 5.37. The van der Waals surface area contributed by atoms with E-state index in [1.807, 2.05) is 19.1 Å². The lowest BCUT2D eigenvalue weighted by atomic mass is 10.0. The predicted octanol–water partition coefficient (Wildman–Crippen LogP) is 4.60. The zero-order valence-corrected chi connectivity index (χ0v) is 19.6. The number of pyridine rings is 1. The molecule has 1 unspecified atom stereocenters. The molecule has 1 saturated heterocycles. The highest BCUT2D eigenvalue weighted by molar-refractivity contribution is 7.18. The number of thiazole rings is 1. The van der Waals surface area contributed by atoms with Gasteiger partial charge in [-0.05, 0) is 44.5 Å². The third-order valence-electron chi connectivity index (χ3n) is 6.63. The lowest BCUT2D eigenvalue weighted by Gasteiger charge is -2.29. The second kappa shape index (κ2) is 8.08. The summed E-state index contributed by atoms with van der Waals surface area (Å²) in [5, 5.41) is 0.946. The van der Waals surface area contributed by atoms with Crippen molar-refractivity contribution in [3.05, 3.63) is 52.0 Å². The molecule has 2 aliphatic rings. The number of halogens is 1. The molecule has 0 N–H and O–H groups in total. The minimum Gasteiger partial charge on any atom is -0.487 e. The van der Waals surface area contributed by atoms with Crippen LogP contribution in [0, 0.1) is 12.7 Å². The summed E-state index contributed by atoms with van der Waals surface area (Å²) in [5.41, 5.74) is 3.52. The van der Waals surface area contributed by atoms with Gasteiger partial charge in [-0.3, -0.25) is 14.7 Å². The number of nitrogens with zero attached hydrogens (tertiary/aromatic N) is 4. The number of fused-ring (bicyclic) bond motifs is 2. The van der Waals surface area contributed by atoms with Crippen molar-refractivity contribution in [1.82, 2.24) is 19.8 Å². The lowest BCUT2D eigenvalue weighted by molar-refractivity contribution is -0.129. The molecule has 1 fully saturated rings. The average Bonchev–Trinajstić information content (AvgIpc) is 3.42. The third kappa shape index (κ3) is 3.86. The quantitative estimate of drug-likeness (QED) is 0.577. The molecule has 0 aliphatic carbocycles. The minimum absolute atomic E-state index is 0.00548. The van der Waals surface area contributed by atoms with Gasteiger partial charge in [0.25, 0.3) is 0 Å². The van der Waals surface area contributed by atoms with Gasteiger partial charge in [-0.1, -0.05) is 0 Å². The van der Waals surface area contributed by atoms with Gasteiger partial charge in [0.1, 0.15) is 17.7 Å². The van der Waals surface area contributed by atoms with E-state index >= 15 is 0 Å². The maximum absolute atomic E-state index is 14.9. The molecular formula is C24H27FN4O2S. The fraction of sp³-hybridized carbons (Fsp3) is 0.458. The smallest absolute Gasteiger partial charge is 0.220 e. The van der Waals surface area contributed by atoms with Crippen LogP contribution in [-0.2, 0) is 17.9 Å². The summed E-state index contributed by atoms with van der Waals surface area (Å²) in [7, 11) is 0. The van der Waals surface area contributed by atoms with Crippen LogP contribution in [0.3, 0.4) is 0 Å². The van der Waals surface area contributed by atoms with Crippen molar-refractivity contribution in [2.24, 2.45) is 0 Å². The Morgan fingerprint density at radius 2 is 2.12 bits per heavy atom. The van der Waals surface area contributed by atoms with Gasteiger partial charge in [-0.25, -0.2) is 9.37 Å². The molecule has 2 aromatic heterocycles. The van der Waals surface area contributed by atoms with E-state index in [1.54, 1.807) is 24.1 Å². The molecule has 1 aromatic carbocycles. The Balaban J connectivity index is 1.30. The number of carbonyl (C=O) groups is 1. The van der Waals surface area contributed by atoms with Crippen LogP contribution in [0.25, 0.3) is 10.2 Å². The maximum Gasteiger partial charge on any atom is 0.220 e. The van der Waals surface area contributed by atoms with Gasteiger partial charge < -0.3 is 9.64 Å². The van der Waals surface area contributed by atoms with Crippen LogP contribution in [0.2, 0.25) is 0 Å². The maximum atomic E-state index is 14.9. The zero-order valence-electron chi connectivity index (χ0n) is 18.8. The Morgan fingerprint density at radius 3 is 2.91 bits per heavy atom. The summed E-state index contributed by atoms with van der Waals surface area (Å²) in [6.07, 6.45) is 2.61. The molecule has 0 spiro atoms. The van der Waals surface area contributed by atoms with Crippen molar-refractivity contribution in [3.8, 4) is 5.75 Å². The molecule has 5 rings (SSSR count). The van der Waals surface area contributed by atoms with E-state index in [9.17, 15) is 9.18 Å². The number of amides is 1. The molecule has 0 bridgehead atoms. The van der Waals surface area contributed by atoms with E-state index in [2.05, 4.69) is 28.7 Å². The number of ether oxygens (including phenoxy) is 1. The standard InChI is InChI=1S/C24H27FN4O2S/c1-13-5-19(31-18-6-17-10-28(16(4)30)12-23(17)26-9-18)11-29(13)14(2)20-7-22-24(8-21(20)25)32-15(3)27-22/h6-9,13-14,19H,5,10-12H2,1-4H3/t13-,14?,19+/m0/s1. The van der Waals surface area contributed by atoms with Crippen LogP contribution in [0.5, 0.6) is 5.75 Å². The first-order valence-electron chi connectivity index (χ1n) is 11.0. The molecule has 0 radical (unpaired) electrons. The Morgan fingerprint density at radius 1 is 1.31 bits per heavy atom. The van der Waals surface area contributed by atoms with Gasteiger partial charge in [-0.2, -0.15) is 0 Å². The average molecular weight is 455 g/mol. The number of benzene rings is 1. The summed E-state index contributed by atoms with van der Waals surface area (Å²) < 4.78 is 22.1. The highest BCUT2D eigenvalue weighted by Gasteiger charge is 2.35. The lowest BCUT2D eigenvalue weighted by Crippen LogP contribution is -2.32. The predicted molar refractivity (Wildman–Crippen MR) is 122 cm³/mol. The summed E-state index contributed by atoms with van der Waals surface area (Å²) >= 11 is 1.52. The molecule has 4 heterocycles. The van der Waals surface area contributed by atoms with Crippen LogP contribution in [-0.4, -0.2) is 44.4 Å². The van der Waals surface area contributed by atoms with Crippen LogP contribution in [0.1, 0.15) is 55.1 Å². The van der Waals surface area contributed by atoms with E-state index < -0.39 is 0 Å². The van der Waals surface area contributed by atoms with Gasteiger partial charge in [0.15, 0.2) is 0 Å². The van der Waals surface area contributed by atoms with Gasteiger partial charge >= 0.3 is 0 Å². The molecule has 168 valence electrons. The number of carbonyl (C=O) groups excluding carboxylic acids is 1. The number of likely N-dealkylation sites (tertiary alicyclic amines) is 1. The molecule has 3 atom stereocenters. The molecule has 32 heavy (non-hydrogen) atoms. The molecule has 0 saturated carbocycles. The van der Waals surface area contributed by atoms with Crippen molar-refractivity contribution < 1.29 is 13.9 Å². The van der Waals surface area contributed by atoms with Crippen molar-refractivity contribution >= 4 is 27.5 Å². The molecule has 6 nitrogen and oxygen atoms in total. The Bertz CT molecular complexity index is 1200. The van der Waals surface area contributed by atoms with Crippen molar-refractivity contribution in [3.63, 3.8) is 0 Å². The molecule has 8 heteroatoms. The molecule has 3 aromatic rings. The number of hydrogen-bond donors (Lipinski definition) is 0. The first kappa shape index (κ1) is 21.3.